The molecule has 7 aromatic carbocycles. The van der Waals surface area contributed by atoms with Gasteiger partial charge in [-0.1, -0.05) is 149 Å². The zero-order valence-electron chi connectivity index (χ0n) is 23.6. The lowest BCUT2D eigenvalue weighted by atomic mass is 9.92. The van der Waals surface area contributed by atoms with Crippen LogP contribution in [0.5, 0.6) is 0 Å². The summed E-state index contributed by atoms with van der Waals surface area (Å²) in [5.74, 6) is 0. The van der Waals surface area contributed by atoms with E-state index in [9.17, 15) is 0 Å². The quantitative estimate of drug-likeness (QED) is 0.164. The third-order valence-corrected chi connectivity index (χ3v) is 8.43. The van der Waals surface area contributed by atoms with Crippen molar-refractivity contribution >= 4 is 38.9 Å². The summed E-state index contributed by atoms with van der Waals surface area (Å²) >= 11 is 3.51. The summed E-state index contributed by atoms with van der Waals surface area (Å²) in [4.78, 5) is 0. The number of fused-ring (bicyclic) bond motifs is 1. The molecule has 0 N–H and O–H groups in total. The van der Waals surface area contributed by atoms with Crippen LogP contribution in [0.4, 0.5) is 0 Å². The molecule has 0 fully saturated rings. The first-order chi connectivity index (χ1) is 21.2. The first-order valence-corrected chi connectivity index (χ1v) is 15.3. The Morgan fingerprint density at radius 3 is 1.33 bits per heavy atom. The minimum Gasteiger partial charge on any atom is -0.0622 e. The lowest BCUT2D eigenvalue weighted by molar-refractivity contribution is 1.57. The molecule has 0 aliphatic rings. The Labute approximate surface area is 261 Å². The molecular formula is C42H29Br. The SMILES string of the molecule is Brc1ccc(-c2ccc(/C=C/c3ccc4cc(-c5cc(-c6ccccc6)cc(-c6ccccc6)c5)ccc4c3)cc2)cc1. The van der Waals surface area contributed by atoms with Gasteiger partial charge in [-0.05, 0) is 109 Å². The van der Waals surface area contributed by atoms with Crippen LogP contribution in [0.25, 0.3) is 67.4 Å². The average Bonchev–Trinajstić information content (AvgIpc) is 3.08. The van der Waals surface area contributed by atoms with E-state index in [2.05, 4.69) is 192 Å². The van der Waals surface area contributed by atoms with Crippen molar-refractivity contribution in [3.8, 4) is 44.5 Å². The standard InChI is InChI=1S/C42H29Br/c43-42-23-21-35(22-24-42)34-16-13-30(14-17-34)11-12-31-15-18-37-26-38(20-19-36(37)25-31)41-28-39(32-7-3-1-4-8-32)27-40(29-41)33-9-5-2-6-10-33/h1-29H/b12-11+. The van der Waals surface area contributed by atoms with Crippen molar-refractivity contribution < 1.29 is 0 Å². The first-order valence-electron chi connectivity index (χ1n) is 14.5. The van der Waals surface area contributed by atoms with Crippen LogP contribution in [-0.2, 0) is 0 Å². The fraction of sp³-hybridized carbons (Fsp3) is 0. The van der Waals surface area contributed by atoms with Crippen molar-refractivity contribution in [2.45, 2.75) is 0 Å². The van der Waals surface area contributed by atoms with Crippen LogP contribution >= 0.6 is 15.9 Å². The van der Waals surface area contributed by atoms with Gasteiger partial charge in [-0.3, -0.25) is 0 Å². The van der Waals surface area contributed by atoms with Gasteiger partial charge in [0.1, 0.15) is 0 Å². The molecule has 0 aliphatic carbocycles. The van der Waals surface area contributed by atoms with E-state index >= 15 is 0 Å². The largest absolute Gasteiger partial charge is 0.0622 e. The van der Waals surface area contributed by atoms with Crippen molar-refractivity contribution in [1.82, 2.24) is 0 Å². The molecule has 43 heavy (non-hydrogen) atoms. The number of halogens is 1. The second-order valence-corrected chi connectivity index (χ2v) is 11.7. The second kappa shape index (κ2) is 12.1. The minimum absolute atomic E-state index is 1.09. The van der Waals surface area contributed by atoms with E-state index in [-0.39, 0.29) is 0 Å². The molecule has 0 saturated carbocycles. The van der Waals surface area contributed by atoms with Gasteiger partial charge in [0.2, 0.25) is 0 Å². The molecule has 0 spiro atoms. The molecule has 0 aliphatic heterocycles. The topological polar surface area (TPSA) is 0 Å². The Kier molecular flexibility index (Phi) is 7.56. The summed E-state index contributed by atoms with van der Waals surface area (Å²) in [6.07, 6.45) is 4.37. The third-order valence-electron chi connectivity index (χ3n) is 7.90. The normalized spacial score (nSPS) is 11.3. The molecule has 0 aromatic heterocycles. The predicted octanol–water partition coefficient (Wildman–Crippen LogP) is 12.4. The smallest absolute Gasteiger partial charge is 0.0175 e. The van der Waals surface area contributed by atoms with E-state index < -0.39 is 0 Å². The molecule has 7 aromatic rings. The van der Waals surface area contributed by atoms with Crippen molar-refractivity contribution in [2.75, 3.05) is 0 Å². The lowest BCUT2D eigenvalue weighted by Gasteiger charge is -2.12. The van der Waals surface area contributed by atoms with Crippen molar-refractivity contribution in [3.05, 3.63) is 179 Å². The summed E-state index contributed by atoms with van der Waals surface area (Å²) in [6, 6.07) is 58.8. The number of rotatable bonds is 6. The van der Waals surface area contributed by atoms with E-state index in [4.69, 9.17) is 0 Å². The molecule has 204 valence electrons. The molecule has 0 heterocycles. The summed E-state index contributed by atoms with van der Waals surface area (Å²) in [5, 5.41) is 2.47. The lowest BCUT2D eigenvalue weighted by Crippen LogP contribution is -1.86. The van der Waals surface area contributed by atoms with E-state index in [0.29, 0.717) is 0 Å². The third kappa shape index (κ3) is 6.14. The van der Waals surface area contributed by atoms with Crippen LogP contribution in [0.2, 0.25) is 0 Å². The zero-order chi connectivity index (χ0) is 29.0. The van der Waals surface area contributed by atoms with Gasteiger partial charge in [0, 0.05) is 4.47 Å². The highest BCUT2D eigenvalue weighted by molar-refractivity contribution is 9.10. The molecule has 0 nitrogen and oxygen atoms in total. The first kappa shape index (κ1) is 26.9. The number of hydrogen-bond donors (Lipinski definition) is 0. The maximum atomic E-state index is 3.51. The van der Waals surface area contributed by atoms with Crippen molar-refractivity contribution in [3.63, 3.8) is 0 Å². The molecule has 0 atom stereocenters. The Morgan fingerprint density at radius 2 is 0.721 bits per heavy atom. The molecule has 0 radical (unpaired) electrons. The van der Waals surface area contributed by atoms with Gasteiger partial charge in [-0.15, -0.1) is 0 Å². The highest BCUT2D eigenvalue weighted by Crippen LogP contribution is 2.34. The molecule has 0 bridgehead atoms. The Morgan fingerprint density at radius 1 is 0.302 bits per heavy atom. The molecule has 1 heteroatoms. The van der Waals surface area contributed by atoms with E-state index in [0.717, 1.165) is 4.47 Å². The van der Waals surface area contributed by atoms with Crippen molar-refractivity contribution in [2.24, 2.45) is 0 Å². The number of hydrogen-bond acceptors (Lipinski definition) is 0. The Bertz CT molecular complexity index is 1980. The molecular weight excluding hydrogens is 584 g/mol. The fourth-order valence-corrected chi connectivity index (χ4v) is 5.82. The summed E-state index contributed by atoms with van der Waals surface area (Å²) < 4.78 is 1.09. The molecule has 0 saturated heterocycles. The van der Waals surface area contributed by atoms with Gasteiger partial charge < -0.3 is 0 Å². The highest BCUT2D eigenvalue weighted by atomic mass is 79.9. The van der Waals surface area contributed by atoms with Gasteiger partial charge in [0.25, 0.3) is 0 Å². The summed E-state index contributed by atoms with van der Waals surface area (Å²) in [5.41, 5.74) is 12.1. The highest BCUT2D eigenvalue weighted by Gasteiger charge is 2.08. The van der Waals surface area contributed by atoms with Gasteiger partial charge in [-0.25, -0.2) is 0 Å². The summed E-state index contributed by atoms with van der Waals surface area (Å²) in [6.45, 7) is 0. The predicted molar refractivity (Wildman–Crippen MR) is 189 cm³/mol. The van der Waals surface area contributed by atoms with Crippen LogP contribution in [0.15, 0.2) is 168 Å². The van der Waals surface area contributed by atoms with Crippen LogP contribution < -0.4 is 0 Å². The second-order valence-electron chi connectivity index (χ2n) is 10.8. The molecule has 0 unspecified atom stereocenters. The molecule has 0 amide bonds. The van der Waals surface area contributed by atoms with Crippen LogP contribution in [0.3, 0.4) is 0 Å². The van der Waals surface area contributed by atoms with Gasteiger partial charge in [-0.2, -0.15) is 0 Å². The van der Waals surface area contributed by atoms with Crippen molar-refractivity contribution in [1.29, 1.82) is 0 Å². The zero-order valence-corrected chi connectivity index (χ0v) is 25.2. The van der Waals surface area contributed by atoms with Crippen LogP contribution in [0, 0.1) is 0 Å². The van der Waals surface area contributed by atoms with Crippen LogP contribution in [0.1, 0.15) is 11.1 Å². The Hall–Kier alpha value is -4.98. The van der Waals surface area contributed by atoms with Gasteiger partial charge in [0.05, 0.1) is 0 Å². The average molecular weight is 614 g/mol. The van der Waals surface area contributed by atoms with E-state index in [1.807, 2.05) is 0 Å². The van der Waals surface area contributed by atoms with E-state index in [1.54, 1.807) is 0 Å². The molecule has 7 rings (SSSR count). The maximum Gasteiger partial charge on any atom is 0.0175 e. The maximum absolute atomic E-state index is 3.51. The van der Waals surface area contributed by atoms with E-state index in [1.165, 1.54) is 66.4 Å². The Balaban J connectivity index is 1.17. The van der Waals surface area contributed by atoms with Gasteiger partial charge >= 0.3 is 0 Å². The number of benzene rings is 7. The van der Waals surface area contributed by atoms with Crippen LogP contribution in [-0.4, -0.2) is 0 Å². The van der Waals surface area contributed by atoms with Gasteiger partial charge in [0.15, 0.2) is 0 Å². The fourth-order valence-electron chi connectivity index (χ4n) is 5.56. The monoisotopic (exact) mass is 612 g/mol. The minimum atomic E-state index is 1.09. The summed E-state index contributed by atoms with van der Waals surface area (Å²) in [7, 11) is 0.